The second-order valence-corrected chi connectivity index (χ2v) is 35.3. The number of carbonyl (C=O) groups is 3. The Hall–Kier alpha value is -12.2. The number of amides is 3. The number of ether oxygens (including phenoxy) is 6. The minimum atomic E-state index is -0.498. The summed E-state index contributed by atoms with van der Waals surface area (Å²) in [7, 11) is 2.19. The second-order valence-electron chi connectivity index (χ2n) is 34.0. The van der Waals surface area contributed by atoms with Gasteiger partial charge in [-0.15, -0.1) is 0 Å². The molecule has 28 heteroatoms. The number of unbranched alkanes of at least 4 members (excludes halogenated alkanes) is 9. The molecule has 0 saturated carbocycles. The van der Waals surface area contributed by atoms with Crippen LogP contribution in [-0.2, 0) is 32.4 Å². The fourth-order valence-corrected chi connectivity index (χ4v) is 18.4. The van der Waals surface area contributed by atoms with E-state index >= 15 is 0 Å². The first-order chi connectivity index (χ1) is 64.5. The summed E-state index contributed by atoms with van der Waals surface area (Å²) in [6.07, 6.45) is 26.3. The molecule has 3 unspecified atom stereocenters. The Balaban J connectivity index is 0.000000145. The van der Waals surface area contributed by atoms with E-state index in [0.29, 0.717) is 91.0 Å². The summed E-state index contributed by atoms with van der Waals surface area (Å²) in [5, 5.41) is 8.69. The first-order valence-corrected chi connectivity index (χ1v) is 47.0. The van der Waals surface area contributed by atoms with Crippen molar-refractivity contribution in [1.29, 1.82) is 0 Å². The summed E-state index contributed by atoms with van der Waals surface area (Å²) in [5.74, 6) is 2.12. The molecule has 9 heterocycles. The number of nitrogens with zero attached hydrogens (tertiary/aromatic N) is 9. The van der Waals surface area contributed by atoms with Gasteiger partial charge < -0.3 is 67.6 Å². The third-order valence-electron chi connectivity index (χ3n) is 24.8. The summed E-state index contributed by atoms with van der Waals surface area (Å²) in [5.41, 5.74) is 11.9. The van der Waals surface area contributed by atoms with Crippen molar-refractivity contribution in [3.05, 3.63) is 321 Å². The van der Waals surface area contributed by atoms with Gasteiger partial charge in [-0.05, 0) is 288 Å². The van der Waals surface area contributed by atoms with Gasteiger partial charge in [0.15, 0.2) is 0 Å². The largest absolute Gasteiger partial charge is 0.494 e. The summed E-state index contributed by atoms with van der Waals surface area (Å²) in [6, 6.07) is 56.4. The van der Waals surface area contributed by atoms with Crippen LogP contribution in [0.25, 0.3) is 32.7 Å². The van der Waals surface area contributed by atoms with Crippen LogP contribution >= 0.6 is 34.8 Å². The van der Waals surface area contributed by atoms with Crippen LogP contribution < -0.4 is 33.7 Å². The molecule has 4 aliphatic heterocycles. The first kappa shape index (κ1) is 93.0. The molecule has 9 aromatic carbocycles. The molecule has 3 atom stereocenters. The maximum atomic E-state index is 13.5. The lowest BCUT2D eigenvalue weighted by Crippen LogP contribution is -2.44. The Morgan fingerprint density at radius 2 is 0.689 bits per heavy atom. The number of hydrogen-bond donors (Lipinski definition) is 4. The van der Waals surface area contributed by atoms with Crippen LogP contribution in [0.15, 0.2) is 238 Å². The third-order valence-corrected chi connectivity index (χ3v) is 25.5. The lowest BCUT2D eigenvalue weighted by molar-refractivity contribution is 0.134. The average Bonchev–Trinajstić information content (AvgIpc) is 1.60. The summed E-state index contributed by atoms with van der Waals surface area (Å²) in [4.78, 5) is 69.3. The zero-order chi connectivity index (χ0) is 91.1. The fraction of sp³-hybridized carbons (Fsp3) is 0.337. The van der Waals surface area contributed by atoms with Gasteiger partial charge in [-0.3, -0.25) is 14.7 Å². The molecule has 0 spiro atoms. The molecule has 1 saturated heterocycles. The minimum Gasteiger partial charge on any atom is -0.494 e. The lowest BCUT2D eigenvalue weighted by Gasteiger charge is -2.35. The quantitative estimate of drug-likeness (QED) is 0.0276. The molecule has 1 fully saturated rings. The predicted molar refractivity (Wildman–Crippen MR) is 511 cm³/mol. The van der Waals surface area contributed by atoms with Crippen molar-refractivity contribution in [3.63, 3.8) is 0 Å². The topological polar surface area (TPSA) is 218 Å². The molecule has 4 aliphatic rings. The molecule has 22 nitrogen and oxygen atoms in total. The highest BCUT2D eigenvalue weighted by atomic mass is 35.5. The number of rotatable bonds is 34. The standard InChI is InChI=1S/C36H39ClFN5O3.C35H40ClFN4O3.C33H32ClFN4O3/c37-27-8-15-33-32(24-27)31-16-21-43(36(44)46-30-13-9-28(38)10-14-30)35(34(31)41-33)26-6-11-29(12-7-26)45-23-4-2-1-3-17-39-18-5-20-42-22-19-40-25-42;1-39-19-21-40(22-20-39)17-4-2-3-5-23-43-28-11-6-25(7-12-28)34-33-30(31-24-26(36)8-15-32(31)38-33)16-18-41(34)35(42)44-29-13-9-27(37)10-14-29;34-24-7-14-30-29(21-24)28-15-18-39(33(40)42-27-12-8-25(35)9-13-27)32(31(28)37-30)23-5-10-26(11-6-23)41-20-4-2-1-3-17-38-19-16-36-22-38/h6-15,19,22,24-25,35,39,41H,1-5,16-18,20-21,23H2;6-15,24,34,38H,2-5,16-23H2,1H3;5-14,16,19,21-22,32,37H,1-4,15,17-18,20H2. The summed E-state index contributed by atoms with van der Waals surface area (Å²) in [6.45, 7) is 13.3. The van der Waals surface area contributed by atoms with E-state index < -0.39 is 36.4 Å². The normalized spacial score (nSPS) is 15.5. The Bertz CT molecular complexity index is 6060. The van der Waals surface area contributed by atoms with Gasteiger partial charge in [0.25, 0.3) is 0 Å². The van der Waals surface area contributed by atoms with Gasteiger partial charge in [-0.25, -0.2) is 37.5 Å². The van der Waals surface area contributed by atoms with Crippen molar-refractivity contribution in [3.8, 4) is 34.5 Å². The van der Waals surface area contributed by atoms with Crippen molar-refractivity contribution >= 4 is 85.8 Å². The van der Waals surface area contributed by atoms with E-state index in [9.17, 15) is 27.6 Å². The van der Waals surface area contributed by atoms with Crippen LogP contribution in [0.2, 0.25) is 15.1 Å². The van der Waals surface area contributed by atoms with Crippen LogP contribution in [0.4, 0.5) is 27.6 Å². The maximum absolute atomic E-state index is 13.5. The summed E-state index contributed by atoms with van der Waals surface area (Å²) < 4.78 is 79.7. The van der Waals surface area contributed by atoms with Crippen molar-refractivity contribution in [2.24, 2.45) is 0 Å². The monoisotopic (exact) mass is 1850 g/mol. The highest BCUT2D eigenvalue weighted by molar-refractivity contribution is 6.32. The van der Waals surface area contributed by atoms with Crippen LogP contribution in [0.5, 0.6) is 34.5 Å². The van der Waals surface area contributed by atoms with E-state index in [1.807, 2.05) is 159 Å². The van der Waals surface area contributed by atoms with E-state index in [4.69, 9.17) is 63.2 Å². The third kappa shape index (κ3) is 24.5. The van der Waals surface area contributed by atoms with Gasteiger partial charge in [-0.2, -0.15) is 0 Å². The van der Waals surface area contributed by atoms with E-state index in [-0.39, 0.29) is 17.5 Å². The molecule has 0 aliphatic carbocycles. The van der Waals surface area contributed by atoms with Crippen LogP contribution in [0.3, 0.4) is 0 Å². The maximum Gasteiger partial charge on any atom is 0.416 e. The smallest absolute Gasteiger partial charge is 0.416 e. The number of likely N-dealkylation sites (N-methyl/N-ethyl adjacent to an activating group) is 1. The molecule has 14 aromatic rings. The Kier molecular flexibility index (Phi) is 32.2. The number of carbonyl (C=O) groups excluding carboxylic acids is 3. The number of aromatic nitrogens is 7. The van der Waals surface area contributed by atoms with Gasteiger partial charge in [0.2, 0.25) is 0 Å². The second kappa shape index (κ2) is 45.7. The number of aromatic amines is 3. The zero-order valence-corrected chi connectivity index (χ0v) is 76.4. The van der Waals surface area contributed by atoms with Gasteiger partial charge >= 0.3 is 18.3 Å². The number of fused-ring (bicyclic) bond motifs is 9. The first-order valence-electron chi connectivity index (χ1n) is 45.9. The molecule has 3 amide bonds. The highest BCUT2D eigenvalue weighted by Crippen LogP contribution is 2.45. The van der Waals surface area contributed by atoms with Gasteiger partial charge in [-0.1, -0.05) is 110 Å². The van der Waals surface area contributed by atoms with Crippen molar-refractivity contribution < 1.29 is 56.0 Å². The van der Waals surface area contributed by atoms with Gasteiger partial charge in [0, 0.05) is 149 Å². The number of benzene rings is 9. The van der Waals surface area contributed by atoms with E-state index in [0.717, 1.165) is 191 Å². The fourth-order valence-electron chi connectivity index (χ4n) is 17.9. The molecule has 0 radical (unpaired) electrons. The summed E-state index contributed by atoms with van der Waals surface area (Å²) >= 11 is 19.0. The predicted octanol–water partition coefficient (Wildman–Crippen LogP) is 23.2. The average molecular weight is 1850 g/mol. The minimum absolute atomic E-state index is 0.292. The number of nitrogens with one attached hydrogen (secondary N) is 4. The molecule has 18 rings (SSSR count). The number of aryl methyl sites for hydroxylation is 2. The zero-order valence-electron chi connectivity index (χ0n) is 74.1. The van der Waals surface area contributed by atoms with Crippen molar-refractivity contribution in [2.75, 3.05) is 92.3 Å². The number of imidazole rings is 2. The molecule has 5 aromatic heterocycles. The Labute approximate surface area is 782 Å². The van der Waals surface area contributed by atoms with Crippen LogP contribution in [-0.4, -0.2) is 169 Å². The molecule has 4 N–H and O–H groups in total. The van der Waals surface area contributed by atoms with E-state index in [2.05, 4.69) is 56.2 Å². The Morgan fingerprint density at radius 3 is 1.04 bits per heavy atom. The molecule has 132 heavy (non-hydrogen) atoms. The Morgan fingerprint density at radius 1 is 0.371 bits per heavy atom. The molecule has 688 valence electrons. The van der Waals surface area contributed by atoms with Gasteiger partial charge in [0.1, 0.15) is 70.1 Å². The number of hydrogen-bond acceptors (Lipinski definition) is 14. The number of H-pyrrole nitrogens is 3. The van der Waals surface area contributed by atoms with Crippen LogP contribution in [0, 0.1) is 17.5 Å². The van der Waals surface area contributed by atoms with Crippen molar-refractivity contribution in [1.82, 2.24) is 63.9 Å². The van der Waals surface area contributed by atoms with E-state index in [1.165, 1.54) is 125 Å². The molecule has 0 bridgehead atoms. The molecular formula is C104H111Cl3F3N13O9. The number of piperazine rings is 1. The van der Waals surface area contributed by atoms with Crippen molar-refractivity contribution in [2.45, 2.75) is 134 Å². The molecular weight excluding hydrogens is 1740 g/mol. The lowest BCUT2D eigenvalue weighted by atomic mass is 9.92. The van der Waals surface area contributed by atoms with Gasteiger partial charge in [0.05, 0.1) is 32.5 Å². The highest BCUT2D eigenvalue weighted by Gasteiger charge is 2.40. The number of halogens is 6. The van der Waals surface area contributed by atoms with E-state index in [1.54, 1.807) is 20.9 Å². The SMILES string of the molecule is CN1CCN(CCCCCCOc2ccc(C3c4[nH]c5ccc(Cl)cc5c4CCN3C(=O)Oc3ccc(F)cc3)cc2)CC1.O=C(Oc1ccc(F)cc1)N1CCc2c([nH]c3ccc(Cl)cc23)C1c1ccc(OCCCCCCNCCCn2ccnc2)cc1.O=C(Oc1ccc(F)cc1)N1CCc2c([nH]c3ccc(Cl)cc23)C1c1ccc(OCCCCCCn2ccnc2)cc1. The van der Waals surface area contributed by atoms with Crippen LogP contribution in [0.1, 0.15) is 152 Å².